The average molecular weight is 487 g/mol. The number of tetrazole rings is 1. The van der Waals surface area contributed by atoms with Crippen LogP contribution in [-0.2, 0) is 19.6 Å². The van der Waals surface area contributed by atoms with Crippen molar-refractivity contribution < 1.29 is 9.47 Å². The van der Waals surface area contributed by atoms with Gasteiger partial charge in [-0.2, -0.15) is 0 Å². The molecule has 6 rings (SSSR count). The van der Waals surface area contributed by atoms with E-state index in [4.69, 9.17) is 9.47 Å². The molecule has 0 bridgehead atoms. The molecule has 2 aliphatic rings. The van der Waals surface area contributed by atoms with Crippen LogP contribution in [0.2, 0.25) is 0 Å². The van der Waals surface area contributed by atoms with Crippen molar-refractivity contribution in [2.75, 3.05) is 13.2 Å². The fourth-order valence-corrected chi connectivity index (χ4v) is 5.28. The van der Waals surface area contributed by atoms with Crippen LogP contribution < -0.4 is 15.0 Å². The Morgan fingerprint density at radius 3 is 2.53 bits per heavy atom. The summed E-state index contributed by atoms with van der Waals surface area (Å²) in [6.45, 7) is 2.73. The largest absolute Gasteiger partial charge is 0.486 e. The van der Waals surface area contributed by atoms with Crippen LogP contribution in [0.5, 0.6) is 11.5 Å². The Bertz CT molecular complexity index is 1390. The van der Waals surface area contributed by atoms with Crippen LogP contribution in [0.15, 0.2) is 53.3 Å². The van der Waals surface area contributed by atoms with Crippen molar-refractivity contribution in [3.63, 3.8) is 0 Å². The minimum Gasteiger partial charge on any atom is -0.486 e. The standard InChI is InChI=1S/C27H30N6O3/c34-27-21(13-20-14-24-25(15-23(20)28-27)36-12-11-35-24)17-32(16-19-7-3-1-4-8-19)18-26-29-30-31-33(26)22-9-5-2-6-10-22/h1,3-4,7-8,13-15,22H,2,5-6,9-12,16-18H2,(H,28,34). The molecule has 0 saturated heterocycles. The van der Waals surface area contributed by atoms with E-state index in [1.54, 1.807) is 0 Å². The molecule has 4 aromatic rings. The molecule has 1 N–H and O–H groups in total. The predicted octanol–water partition coefficient (Wildman–Crippen LogP) is 3.99. The maximum Gasteiger partial charge on any atom is 0.252 e. The molecule has 2 aromatic heterocycles. The summed E-state index contributed by atoms with van der Waals surface area (Å²) < 4.78 is 13.4. The van der Waals surface area contributed by atoms with Gasteiger partial charge < -0.3 is 14.5 Å². The van der Waals surface area contributed by atoms with Gasteiger partial charge in [0.25, 0.3) is 5.56 Å². The highest BCUT2D eigenvalue weighted by Gasteiger charge is 2.22. The van der Waals surface area contributed by atoms with Crippen molar-refractivity contribution in [1.82, 2.24) is 30.1 Å². The normalized spacial score (nSPS) is 16.0. The summed E-state index contributed by atoms with van der Waals surface area (Å²) in [6.07, 6.45) is 5.92. The van der Waals surface area contributed by atoms with Crippen molar-refractivity contribution in [3.05, 3.63) is 75.8 Å². The number of hydrogen-bond acceptors (Lipinski definition) is 7. The van der Waals surface area contributed by atoms with E-state index in [0.29, 0.717) is 56.0 Å². The number of fused-ring (bicyclic) bond motifs is 2. The van der Waals surface area contributed by atoms with Gasteiger partial charge in [0, 0.05) is 30.1 Å². The SMILES string of the molecule is O=c1[nH]c2cc3c(cc2cc1CN(Cc1ccccc1)Cc1nnnn1C1CCCCC1)OCCO3. The summed E-state index contributed by atoms with van der Waals surface area (Å²) in [5.74, 6) is 2.21. The molecule has 1 saturated carbocycles. The van der Waals surface area contributed by atoms with Gasteiger partial charge in [-0.3, -0.25) is 9.69 Å². The lowest BCUT2D eigenvalue weighted by molar-refractivity contribution is 0.172. The van der Waals surface area contributed by atoms with Gasteiger partial charge in [0.2, 0.25) is 0 Å². The maximum atomic E-state index is 13.1. The van der Waals surface area contributed by atoms with Gasteiger partial charge in [-0.05, 0) is 41.0 Å². The number of H-pyrrole nitrogens is 1. The van der Waals surface area contributed by atoms with Gasteiger partial charge in [-0.15, -0.1) is 5.10 Å². The van der Waals surface area contributed by atoms with Crippen molar-refractivity contribution in [1.29, 1.82) is 0 Å². The zero-order valence-corrected chi connectivity index (χ0v) is 20.2. The topological polar surface area (TPSA) is 98.2 Å². The van der Waals surface area contributed by atoms with E-state index in [9.17, 15) is 4.79 Å². The molecule has 9 heteroatoms. The first-order valence-electron chi connectivity index (χ1n) is 12.7. The Balaban J connectivity index is 1.31. The summed E-state index contributed by atoms with van der Waals surface area (Å²) in [5.41, 5.74) is 2.49. The maximum absolute atomic E-state index is 13.1. The summed E-state index contributed by atoms with van der Waals surface area (Å²) in [4.78, 5) is 18.4. The molecular weight excluding hydrogens is 456 g/mol. The van der Waals surface area contributed by atoms with E-state index in [2.05, 4.69) is 37.5 Å². The van der Waals surface area contributed by atoms with Crippen molar-refractivity contribution in [2.45, 2.75) is 57.8 Å². The Morgan fingerprint density at radius 2 is 1.72 bits per heavy atom. The highest BCUT2D eigenvalue weighted by molar-refractivity contribution is 5.83. The minimum absolute atomic E-state index is 0.107. The quantitative estimate of drug-likeness (QED) is 0.422. The third-order valence-electron chi connectivity index (χ3n) is 7.07. The van der Waals surface area contributed by atoms with Crippen LogP contribution in [0.1, 0.15) is 55.1 Å². The van der Waals surface area contributed by atoms with Crippen molar-refractivity contribution in [2.24, 2.45) is 0 Å². The molecule has 0 atom stereocenters. The number of nitrogens with one attached hydrogen (secondary N) is 1. The number of ether oxygens (including phenoxy) is 2. The first-order chi connectivity index (χ1) is 17.7. The first-order valence-corrected chi connectivity index (χ1v) is 12.7. The number of benzene rings is 2. The number of aromatic amines is 1. The Labute approximate surface area is 209 Å². The van der Waals surface area contributed by atoms with Crippen molar-refractivity contribution in [3.8, 4) is 11.5 Å². The van der Waals surface area contributed by atoms with Crippen LogP contribution in [0.4, 0.5) is 0 Å². The molecule has 0 amide bonds. The van der Waals surface area contributed by atoms with Gasteiger partial charge in [0.1, 0.15) is 13.2 Å². The fourth-order valence-electron chi connectivity index (χ4n) is 5.28. The number of hydrogen-bond donors (Lipinski definition) is 1. The molecule has 9 nitrogen and oxygen atoms in total. The van der Waals surface area contributed by atoms with Gasteiger partial charge in [0.05, 0.1) is 18.1 Å². The number of rotatable bonds is 7. The monoisotopic (exact) mass is 486 g/mol. The van der Waals surface area contributed by atoms with Crippen LogP contribution in [0, 0.1) is 0 Å². The van der Waals surface area contributed by atoms with Crippen LogP contribution in [0.3, 0.4) is 0 Å². The lowest BCUT2D eigenvalue weighted by atomic mass is 9.95. The Kier molecular flexibility index (Phi) is 6.38. The average Bonchev–Trinajstić information content (AvgIpc) is 3.37. The second kappa shape index (κ2) is 10.1. The van der Waals surface area contributed by atoms with Gasteiger partial charge in [-0.25, -0.2) is 4.68 Å². The number of nitrogens with zero attached hydrogens (tertiary/aromatic N) is 5. The lowest BCUT2D eigenvalue weighted by Crippen LogP contribution is -2.29. The summed E-state index contributed by atoms with van der Waals surface area (Å²) >= 11 is 0. The summed E-state index contributed by atoms with van der Waals surface area (Å²) in [7, 11) is 0. The number of pyridine rings is 1. The van der Waals surface area contributed by atoms with E-state index in [-0.39, 0.29) is 5.56 Å². The lowest BCUT2D eigenvalue weighted by Gasteiger charge is -2.25. The van der Waals surface area contributed by atoms with Crippen LogP contribution >= 0.6 is 0 Å². The molecule has 36 heavy (non-hydrogen) atoms. The zero-order valence-electron chi connectivity index (χ0n) is 20.2. The molecule has 2 aromatic carbocycles. The molecule has 0 spiro atoms. The third kappa shape index (κ3) is 4.83. The molecule has 1 aliphatic carbocycles. The number of aromatic nitrogens is 5. The van der Waals surface area contributed by atoms with Crippen LogP contribution in [0.25, 0.3) is 10.9 Å². The second-order valence-corrected chi connectivity index (χ2v) is 9.67. The zero-order chi connectivity index (χ0) is 24.3. The van der Waals surface area contributed by atoms with Crippen molar-refractivity contribution >= 4 is 10.9 Å². The van der Waals surface area contributed by atoms with E-state index < -0.39 is 0 Å². The highest BCUT2D eigenvalue weighted by atomic mass is 16.6. The fraction of sp³-hybridized carbons (Fsp3) is 0.407. The van der Waals surface area contributed by atoms with E-state index in [1.807, 2.05) is 41.1 Å². The molecule has 186 valence electrons. The first kappa shape index (κ1) is 22.7. The van der Waals surface area contributed by atoms with Gasteiger partial charge in [-0.1, -0.05) is 49.6 Å². The van der Waals surface area contributed by atoms with Crippen LogP contribution in [-0.4, -0.2) is 43.3 Å². The molecule has 1 aliphatic heterocycles. The van der Waals surface area contributed by atoms with Gasteiger partial charge >= 0.3 is 0 Å². The molecule has 1 fully saturated rings. The summed E-state index contributed by atoms with van der Waals surface area (Å²) in [5, 5.41) is 13.6. The van der Waals surface area contributed by atoms with Gasteiger partial charge in [0.15, 0.2) is 17.3 Å². The molecule has 3 heterocycles. The molecular formula is C27H30N6O3. The highest BCUT2D eigenvalue weighted by Crippen LogP contribution is 2.34. The van der Waals surface area contributed by atoms with E-state index >= 15 is 0 Å². The second-order valence-electron chi connectivity index (χ2n) is 9.67. The third-order valence-corrected chi connectivity index (χ3v) is 7.07. The summed E-state index contributed by atoms with van der Waals surface area (Å²) in [6, 6.07) is 16.4. The Morgan fingerprint density at radius 1 is 0.944 bits per heavy atom. The van der Waals surface area contributed by atoms with E-state index in [1.165, 1.54) is 24.8 Å². The molecule has 0 unspecified atom stereocenters. The Hall–Kier alpha value is -3.72. The molecule has 0 radical (unpaired) electrons. The minimum atomic E-state index is -0.107. The van der Waals surface area contributed by atoms with E-state index in [0.717, 1.165) is 29.6 Å². The predicted molar refractivity (Wildman–Crippen MR) is 135 cm³/mol. The smallest absolute Gasteiger partial charge is 0.252 e.